The standard InChI is InChI=1S/C12H2B6S/c13-3-1-2-4(14)11-5(3)6-7(15)8(16)9(17)10(18)12(6)19-11/h1-2H. The summed E-state index contributed by atoms with van der Waals surface area (Å²) in [5, 5.41) is 1.52. The van der Waals surface area contributed by atoms with Gasteiger partial charge in [0.25, 0.3) is 0 Å². The number of hydrogen-bond donors (Lipinski definition) is 0. The Labute approximate surface area is 123 Å². The Morgan fingerprint density at radius 3 is 1.84 bits per heavy atom. The molecule has 0 aliphatic rings. The van der Waals surface area contributed by atoms with Crippen LogP contribution in [-0.2, 0) is 0 Å². The lowest BCUT2D eigenvalue weighted by molar-refractivity contribution is 2.00. The number of benzene rings is 2. The van der Waals surface area contributed by atoms with Gasteiger partial charge in [0.05, 0.1) is 0 Å². The lowest BCUT2D eigenvalue weighted by Crippen LogP contribution is -2.47. The third kappa shape index (κ3) is 1.67. The second-order valence-electron chi connectivity index (χ2n) is 4.41. The van der Waals surface area contributed by atoms with Crippen molar-refractivity contribution in [2.24, 2.45) is 0 Å². The Hall–Kier alpha value is -0.950. The van der Waals surface area contributed by atoms with Crippen molar-refractivity contribution in [3.05, 3.63) is 12.1 Å². The van der Waals surface area contributed by atoms with Crippen molar-refractivity contribution in [2.75, 3.05) is 0 Å². The summed E-state index contributed by atoms with van der Waals surface area (Å²) in [5.74, 6) is 0. The highest BCUT2D eigenvalue weighted by atomic mass is 32.1. The normalized spacial score (nSPS) is 11.4. The Morgan fingerprint density at radius 2 is 1.16 bits per heavy atom. The summed E-state index contributed by atoms with van der Waals surface area (Å²) >= 11 is 1.42. The minimum atomic E-state index is 0.284. The fraction of sp³-hybridized carbons (Fsp3) is 0. The molecule has 1 heterocycles. The van der Waals surface area contributed by atoms with Crippen LogP contribution in [0, 0.1) is 0 Å². The summed E-state index contributed by atoms with van der Waals surface area (Å²) in [7, 11) is 35.8. The zero-order valence-electron chi connectivity index (χ0n) is 10.0. The van der Waals surface area contributed by atoms with Crippen LogP contribution in [0.1, 0.15) is 0 Å². The van der Waals surface area contributed by atoms with Gasteiger partial charge in [-0.25, -0.2) is 0 Å². The second kappa shape index (κ2) is 4.28. The van der Waals surface area contributed by atoms with Crippen molar-refractivity contribution in [1.82, 2.24) is 0 Å². The van der Waals surface area contributed by atoms with Gasteiger partial charge < -0.3 is 0 Å². The quantitative estimate of drug-likeness (QED) is 0.365. The first-order valence-electron chi connectivity index (χ1n) is 5.55. The molecular weight excluding hydrogens is 241 g/mol. The van der Waals surface area contributed by atoms with Crippen LogP contribution < -0.4 is 32.8 Å². The van der Waals surface area contributed by atoms with Gasteiger partial charge in [-0.3, -0.25) is 0 Å². The number of thiophene rings is 1. The average molecular weight is 243 g/mol. The molecule has 0 spiro atoms. The molecule has 74 valence electrons. The molecule has 0 nitrogen and oxygen atoms in total. The van der Waals surface area contributed by atoms with E-state index in [0.717, 1.165) is 20.2 Å². The third-order valence-electron chi connectivity index (χ3n) is 3.29. The highest BCUT2D eigenvalue weighted by Crippen LogP contribution is 2.27. The predicted molar refractivity (Wildman–Crippen MR) is 91.7 cm³/mol. The lowest BCUT2D eigenvalue weighted by Gasteiger charge is -2.13. The highest BCUT2D eigenvalue weighted by molar-refractivity contribution is 7.28. The topological polar surface area (TPSA) is 0 Å². The maximum absolute atomic E-state index is 6.07. The van der Waals surface area contributed by atoms with E-state index >= 15 is 0 Å². The van der Waals surface area contributed by atoms with Gasteiger partial charge in [0, 0.05) is 9.40 Å². The first-order chi connectivity index (χ1) is 8.93. The Kier molecular flexibility index (Phi) is 2.94. The van der Waals surface area contributed by atoms with E-state index in [1.807, 2.05) is 0 Å². The van der Waals surface area contributed by atoms with Crippen molar-refractivity contribution >= 4 is 111 Å². The van der Waals surface area contributed by atoms with Crippen molar-refractivity contribution in [2.45, 2.75) is 0 Å². The van der Waals surface area contributed by atoms with Gasteiger partial charge >= 0.3 is 0 Å². The van der Waals surface area contributed by atoms with E-state index < -0.39 is 0 Å². The van der Waals surface area contributed by atoms with Crippen LogP contribution in [-0.4, -0.2) is 47.1 Å². The first kappa shape index (κ1) is 13.1. The summed E-state index contributed by atoms with van der Waals surface area (Å²) in [4.78, 5) is 0. The zero-order chi connectivity index (χ0) is 13.9. The van der Waals surface area contributed by atoms with Gasteiger partial charge in [-0.2, -0.15) is 0 Å². The molecule has 0 atom stereocenters. The van der Waals surface area contributed by atoms with E-state index in [1.165, 1.54) is 11.3 Å². The van der Waals surface area contributed by atoms with E-state index in [1.54, 1.807) is 12.1 Å². The minimum Gasteiger partial charge on any atom is -0.137 e. The van der Waals surface area contributed by atoms with Crippen LogP contribution >= 0.6 is 11.3 Å². The summed E-state index contributed by atoms with van der Waals surface area (Å²) < 4.78 is 1.61. The Morgan fingerprint density at radius 1 is 0.579 bits per heavy atom. The highest BCUT2D eigenvalue weighted by Gasteiger charge is 2.15. The smallest absolute Gasteiger partial charge is 0.115 e. The van der Waals surface area contributed by atoms with Crippen molar-refractivity contribution in [1.29, 1.82) is 0 Å². The second-order valence-corrected chi connectivity index (χ2v) is 5.43. The van der Waals surface area contributed by atoms with Crippen LogP contribution in [0.3, 0.4) is 0 Å². The Bertz CT molecular complexity index is 836. The number of fused-ring (bicyclic) bond motifs is 3. The molecular formula is C12H2B6S. The van der Waals surface area contributed by atoms with Crippen LogP contribution in [0.2, 0.25) is 0 Å². The average Bonchev–Trinajstić information content (AvgIpc) is 2.80. The first-order valence-corrected chi connectivity index (χ1v) is 6.37. The van der Waals surface area contributed by atoms with E-state index in [9.17, 15) is 0 Å². The maximum Gasteiger partial charge on any atom is 0.115 e. The molecule has 3 rings (SSSR count). The van der Waals surface area contributed by atoms with E-state index in [-0.39, 0.29) is 5.46 Å². The molecule has 0 saturated carbocycles. The molecule has 0 bridgehead atoms. The molecule has 19 heavy (non-hydrogen) atoms. The van der Waals surface area contributed by atoms with E-state index in [2.05, 4.69) is 0 Å². The molecule has 1 aromatic heterocycles. The molecule has 0 aliphatic heterocycles. The van der Waals surface area contributed by atoms with Crippen LogP contribution in [0.5, 0.6) is 0 Å². The molecule has 3 aromatic rings. The summed E-state index contributed by atoms with van der Waals surface area (Å²) in [6.45, 7) is 0. The molecule has 0 fully saturated rings. The summed E-state index contributed by atoms with van der Waals surface area (Å²) in [6, 6.07) is 3.50. The number of hydrogen-bond acceptors (Lipinski definition) is 1. The third-order valence-corrected chi connectivity index (χ3v) is 4.56. The van der Waals surface area contributed by atoms with Crippen molar-refractivity contribution in [3.8, 4) is 0 Å². The summed E-state index contributed by atoms with van der Waals surface area (Å²) in [6.07, 6.45) is 0. The van der Waals surface area contributed by atoms with E-state index in [0.29, 0.717) is 27.3 Å². The maximum atomic E-state index is 6.07. The van der Waals surface area contributed by atoms with Gasteiger partial charge in [-0.15, -0.1) is 22.3 Å². The van der Waals surface area contributed by atoms with Crippen LogP contribution in [0.15, 0.2) is 12.1 Å². The molecule has 0 amide bonds. The van der Waals surface area contributed by atoms with Crippen molar-refractivity contribution < 1.29 is 0 Å². The molecule has 0 unspecified atom stereocenters. The van der Waals surface area contributed by atoms with Gasteiger partial charge in [0.15, 0.2) is 0 Å². The molecule has 0 aliphatic carbocycles. The van der Waals surface area contributed by atoms with Gasteiger partial charge in [-0.05, 0) is 10.8 Å². The van der Waals surface area contributed by atoms with Crippen molar-refractivity contribution in [3.63, 3.8) is 0 Å². The Balaban J connectivity index is 2.71. The molecule has 7 heteroatoms. The fourth-order valence-electron chi connectivity index (χ4n) is 2.24. The predicted octanol–water partition coefficient (Wildman–Crippen LogP) is -3.18. The van der Waals surface area contributed by atoms with E-state index in [4.69, 9.17) is 47.1 Å². The van der Waals surface area contributed by atoms with Crippen LogP contribution in [0.25, 0.3) is 20.2 Å². The molecule has 0 saturated heterocycles. The largest absolute Gasteiger partial charge is 0.137 e. The molecule has 2 aromatic carbocycles. The van der Waals surface area contributed by atoms with Gasteiger partial charge in [-0.1, -0.05) is 34.0 Å². The monoisotopic (exact) mass is 244 g/mol. The fourth-order valence-corrected chi connectivity index (χ4v) is 3.49. The molecule has 12 radical (unpaired) electrons. The van der Waals surface area contributed by atoms with Crippen LogP contribution in [0.4, 0.5) is 0 Å². The van der Waals surface area contributed by atoms with Gasteiger partial charge in [0.1, 0.15) is 47.1 Å². The zero-order valence-corrected chi connectivity index (χ0v) is 10.8. The number of rotatable bonds is 0. The lowest BCUT2D eigenvalue weighted by atomic mass is 9.65. The SMILES string of the molecule is [B]c1c([B])c([B])c2c(sc3c([B])ccc([B])c32)c1[B]. The summed E-state index contributed by atoms with van der Waals surface area (Å²) in [5.41, 5.74) is 2.61. The van der Waals surface area contributed by atoms with Gasteiger partial charge in [0.2, 0.25) is 0 Å². The minimum absolute atomic E-state index is 0.284. The molecule has 0 N–H and O–H groups in total.